The molecule has 1 aliphatic heterocycles. The number of aryl methyl sites for hydroxylation is 1. The second kappa shape index (κ2) is 5.28. The van der Waals surface area contributed by atoms with Gasteiger partial charge in [-0.1, -0.05) is 12.1 Å². The predicted molar refractivity (Wildman–Crippen MR) is 76.4 cm³/mol. The first-order chi connectivity index (χ1) is 9.74. The van der Waals surface area contributed by atoms with Gasteiger partial charge in [0.15, 0.2) is 11.5 Å². The lowest BCUT2D eigenvalue weighted by atomic mass is 10.1. The molecular formula is C15H16N2O3. The quantitative estimate of drug-likeness (QED) is 0.925. The molecule has 0 unspecified atom stereocenters. The van der Waals surface area contributed by atoms with Crippen LogP contribution in [0.15, 0.2) is 41.3 Å². The lowest BCUT2D eigenvalue weighted by Gasteiger charge is -2.21. The van der Waals surface area contributed by atoms with Gasteiger partial charge in [-0.2, -0.15) is 0 Å². The molecule has 5 heteroatoms. The molecule has 0 radical (unpaired) electrons. The molecule has 0 amide bonds. The van der Waals surface area contributed by atoms with E-state index < -0.39 is 0 Å². The average Bonchev–Trinajstić information content (AvgIpc) is 2.48. The predicted octanol–water partition coefficient (Wildman–Crippen LogP) is 1.77. The van der Waals surface area contributed by atoms with Gasteiger partial charge in [0, 0.05) is 31.4 Å². The molecule has 1 aliphatic rings. The van der Waals surface area contributed by atoms with Gasteiger partial charge in [-0.15, -0.1) is 0 Å². The summed E-state index contributed by atoms with van der Waals surface area (Å²) in [7, 11) is 1.73. The molecule has 2 heterocycles. The van der Waals surface area contributed by atoms with E-state index in [0.717, 1.165) is 22.7 Å². The highest BCUT2D eigenvalue weighted by molar-refractivity contribution is 5.50. The maximum absolute atomic E-state index is 11.3. The van der Waals surface area contributed by atoms with Crippen LogP contribution < -0.4 is 20.3 Å². The number of anilines is 1. The van der Waals surface area contributed by atoms with Crippen LogP contribution in [0.1, 0.15) is 5.56 Å². The van der Waals surface area contributed by atoms with E-state index in [-0.39, 0.29) is 5.56 Å². The molecule has 0 saturated heterocycles. The van der Waals surface area contributed by atoms with Crippen LogP contribution >= 0.6 is 0 Å². The summed E-state index contributed by atoms with van der Waals surface area (Å²) < 4.78 is 12.8. The minimum Gasteiger partial charge on any atom is -0.486 e. The molecule has 1 aromatic carbocycles. The van der Waals surface area contributed by atoms with E-state index in [1.54, 1.807) is 29.9 Å². The molecule has 104 valence electrons. The van der Waals surface area contributed by atoms with Crippen LogP contribution in [0.4, 0.5) is 5.69 Å². The third kappa shape index (κ3) is 2.47. The van der Waals surface area contributed by atoms with Crippen LogP contribution in [0.2, 0.25) is 0 Å². The number of aromatic nitrogens is 1. The Labute approximate surface area is 116 Å². The van der Waals surface area contributed by atoms with Gasteiger partial charge < -0.3 is 19.4 Å². The molecule has 0 fully saturated rings. The van der Waals surface area contributed by atoms with Gasteiger partial charge in [0.25, 0.3) is 0 Å². The van der Waals surface area contributed by atoms with Crippen LogP contribution in [-0.4, -0.2) is 17.8 Å². The third-order valence-electron chi connectivity index (χ3n) is 3.22. The second-order valence-electron chi connectivity index (χ2n) is 4.66. The zero-order chi connectivity index (χ0) is 13.9. The monoisotopic (exact) mass is 272 g/mol. The molecule has 3 rings (SSSR count). The van der Waals surface area contributed by atoms with Crippen molar-refractivity contribution in [1.82, 2.24) is 4.57 Å². The first-order valence-electron chi connectivity index (χ1n) is 6.52. The number of hydrogen-bond acceptors (Lipinski definition) is 4. The van der Waals surface area contributed by atoms with Crippen LogP contribution in [-0.2, 0) is 13.6 Å². The van der Waals surface area contributed by atoms with Crippen LogP contribution in [0.3, 0.4) is 0 Å². The number of nitrogens with one attached hydrogen (secondary N) is 1. The van der Waals surface area contributed by atoms with Crippen molar-refractivity contribution in [1.29, 1.82) is 0 Å². The first kappa shape index (κ1) is 12.6. The van der Waals surface area contributed by atoms with Crippen LogP contribution in [0.5, 0.6) is 11.5 Å². The second-order valence-corrected chi connectivity index (χ2v) is 4.66. The Morgan fingerprint density at radius 3 is 2.90 bits per heavy atom. The molecule has 0 saturated carbocycles. The maximum Gasteiger partial charge on any atom is 0.250 e. The van der Waals surface area contributed by atoms with E-state index in [9.17, 15) is 4.79 Å². The SMILES string of the molecule is Cn1cc(NCc2cccc3c2OCCO3)ccc1=O. The minimum atomic E-state index is -0.0237. The fourth-order valence-electron chi connectivity index (χ4n) is 2.17. The Hall–Kier alpha value is -2.43. The number of ether oxygens (including phenoxy) is 2. The molecule has 1 aromatic heterocycles. The average molecular weight is 272 g/mol. The summed E-state index contributed by atoms with van der Waals surface area (Å²) in [5, 5.41) is 3.28. The number of rotatable bonds is 3. The number of nitrogens with zero attached hydrogens (tertiary/aromatic N) is 1. The molecule has 2 aromatic rings. The molecule has 1 N–H and O–H groups in total. The summed E-state index contributed by atoms with van der Waals surface area (Å²) in [5.74, 6) is 1.59. The molecule has 0 spiro atoms. The summed E-state index contributed by atoms with van der Waals surface area (Å²) in [4.78, 5) is 11.3. The van der Waals surface area contributed by atoms with Crippen molar-refractivity contribution in [3.8, 4) is 11.5 Å². The van der Waals surface area contributed by atoms with Crippen molar-refractivity contribution in [2.75, 3.05) is 18.5 Å². The molecule has 0 bridgehead atoms. The Morgan fingerprint density at radius 1 is 1.20 bits per heavy atom. The lowest BCUT2D eigenvalue weighted by Crippen LogP contribution is -2.18. The van der Waals surface area contributed by atoms with Crippen molar-refractivity contribution in [2.24, 2.45) is 7.05 Å². The van der Waals surface area contributed by atoms with Gasteiger partial charge in [-0.3, -0.25) is 4.79 Å². The maximum atomic E-state index is 11.3. The van der Waals surface area contributed by atoms with E-state index in [0.29, 0.717) is 19.8 Å². The van der Waals surface area contributed by atoms with Gasteiger partial charge in [0.2, 0.25) is 5.56 Å². The molecule has 5 nitrogen and oxygen atoms in total. The van der Waals surface area contributed by atoms with E-state index in [2.05, 4.69) is 5.32 Å². The summed E-state index contributed by atoms with van der Waals surface area (Å²) in [6.07, 6.45) is 1.77. The summed E-state index contributed by atoms with van der Waals surface area (Å²) in [6, 6.07) is 9.18. The van der Waals surface area contributed by atoms with E-state index in [1.165, 1.54) is 0 Å². The standard InChI is InChI=1S/C15H16N2O3/c1-17-10-12(5-6-14(17)18)16-9-11-3-2-4-13-15(11)20-8-7-19-13/h2-6,10,16H,7-9H2,1H3. The highest BCUT2D eigenvalue weighted by atomic mass is 16.6. The number of pyridine rings is 1. The lowest BCUT2D eigenvalue weighted by molar-refractivity contribution is 0.170. The zero-order valence-corrected chi connectivity index (χ0v) is 11.3. The van der Waals surface area contributed by atoms with Crippen molar-refractivity contribution >= 4 is 5.69 Å². The fourth-order valence-corrected chi connectivity index (χ4v) is 2.17. The van der Waals surface area contributed by atoms with Crippen LogP contribution in [0.25, 0.3) is 0 Å². The topological polar surface area (TPSA) is 52.5 Å². The van der Waals surface area contributed by atoms with Crippen LogP contribution in [0, 0.1) is 0 Å². The highest BCUT2D eigenvalue weighted by Crippen LogP contribution is 2.33. The normalized spacial score (nSPS) is 13.1. The minimum absolute atomic E-state index is 0.0237. The Morgan fingerprint density at radius 2 is 2.05 bits per heavy atom. The van der Waals surface area contributed by atoms with Gasteiger partial charge in [-0.05, 0) is 12.1 Å². The van der Waals surface area contributed by atoms with E-state index in [1.807, 2.05) is 18.2 Å². The Balaban J connectivity index is 1.78. The smallest absolute Gasteiger partial charge is 0.250 e. The zero-order valence-electron chi connectivity index (χ0n) is 11.3. The fraction of sp³-hybridized carbons (Fsp3) is 0.267. The van der Waals surface area contributed by atoms with Crippen molar-refractivity contribution in [3.05, 3.63) is 52.4 Å². The summed E-state index contributed by atoms with van der Waals surface area (Å²) >= 11 is 0. The van der Waals surface area contributed by atoms with Gasteiger partial charge in [-0.25, -0.2) is 0 Å². The third-order valence-corrected chi connectivity index (χ3v) is 3.22. The summed E-state index contributed by atoms with van der Waals surface area (Å²) in [6.45, 7) is 1.78. The Bertz CT molecular complexity index is 679. The molecule has 0 atom stereocenters. The molecule has 0 aliphatic carbocycles. The van der Waals surface area contributed by atoms with Crippen molar-refractivity contribution in [2.45, 2.75) is 6.54 Å². The van der Waals surface area contributed by atoms with Gasteiger partial charge in [0.05, 0.1) is 5.69 Å². The largest absolute Gasteiger partial charge is 0.486 e. The number of benzene rings is 1. The Kier molecular flexibility index (Phi) is 3.33. The highest BCUT2D eigenvalue weighted by Gasteiger charge is 2.15. The van der Waals surface area contributed by atoms with E-state index in [4.69, 9.17) is 9.47 Å². The number of fused-ring (bicyclic) bond motifs is 1. The number of para-hydroxylation sites is 1. The van der Waals surface area contributed by atoms with Gasteiger partial charge in [0.1, 0.15) is 13.2 Å². The molecular weight excluding hydrogens is 256 g/mol. The van der Waals surface area contributed by atoms with Crippen molar-refractivity contribution in [3.63, 3.8) is 0 Å². The van der Waals surface area contributed by atoms with Crippen molar-refractivity contribution < 1.29 is 9.47 Å². The number of hydrogen-bond donors (Lipinski definition) is 1. The van der Waals surface area contributed by atoms with E-state index >= 15 is 0 Å². The molecule has 20 heavy (non-hydrogen) atoms. The van der Waals surface area contributed by atoms with Gasteiger partial charge >= 0.3 is 0 Å². The summed E-state index contributed by atoms with van der Waals surface area (Å²) in [5.41, 5.74) is 1.90. The first-order valence-corrected chi connectivity index (χ1v) is 6.52.